The quantitative estimate of drug-likeness (QED) is 0.0829. The minimum absolute atomic E-state index is 0.220. The van der Waals surface area contributed by atoms with E-state index in [0.29, 0.717) is 6.42 Å². The molecule has 7 heteroatoms. The van der Waals surface area contributed by atoms with Crippen LogP contribution in [-0.4, -0.2) is 58.8 Å². The highest BCUT2D eigenvalue weighted by atomic mass is 16.4. The Morgan fingerprint density at radius 1 is 0.583 bits per heavy atom. The second-order valence-electron chi connectivity index (χ2n) is 10.4. The lowest BCUT2D eigenvalue weighted by atomic mass is 10.1. The summed E-state index contributed by atoms with van der Waals surface area (Å²) in [6.45, 7) is 0.850. The number of carboxylic acid groups (broad SMARTS) is 3. The molecule has 0 unspecified atom stereocenters. The summed E-state index contributed by atoms with van der Waals surface area (Å²) >= 11 is 0. The van der Waals surface area contributed by atoms with Gasteiger partial charge in [-0.25, -0.2) is 9.59 Å². The van der Waals surface area contributed by atoms with Crippen molar-refractivity contribution in [1.29, 1.82) is 0 Å². The number of unbranched alkanes of at least 4 members (excludes halogenated alkanes) is 17. The van der Waals surface area contributed by atoms with Gasteiger partial charge in [-0.1, -0.05) is 103 Å². The highest BCUT2D eigenvalue weighted by Gasteiger charge is 2.33. The number of hydrogen-bond donors (Lipinski definition) is 2. The van der Waals surface area contributed by atoms with Gasteiger partial charge >= 0.3 is 11.9 Å². The fraction of sp³-hybridized carbons (Fsp3) is 0.828. The first-order valence-electron chi connectivity index (χ1n) is 14.4. The Bertz CT molecular complexity index is 564. The molecule has 0 aliphatic rings. The van der Waals surface area contributed by atoms with Gasteiger partial charge in [-0.05, 0) is 38.5 Å². The van der Waals surface area contributed by atoms with Crippen LogP contribution in [-0.2, 0) is 14.4 Å². The van der Waals surface area contributed by atoms with Gasteiger partial charge in [0.25, 0.3) is 0 Å². The zero-order chi connectivity index (χ0) is 26.9. The van der Waals surface area contributed by atoms with E-state index in [2.05, 4.69) is 19.1 Å². The van der Waals surface area contributed by atoms with E-state index in [1.54, 1.807) is 0 Å². The predicted octanol–water partition coefficient (Wildman–Crippen LogP) is 5.71. The van der Waals surface area contributed by atoms with E-state index in [4.69, 9.17) is 10.2 Å². The zero-order valence-electron chi connectivity index (χ0n) is 22.9. The van der Waals surface area contributed by atoms with Crippen LogP contribution in [0.2, 0.25) is 0 Å². The lowest BCUT2D eigenvalue weighted by molar-refractivity contribution is -0.909. The zero-order valence-corrected chi connectivity index (χ0v) is 22.9. The van der Waals surface area contributed by atoms with Crippen molar-refractivity contribution in [3.63, 3.8) is 0 Å². The van der Waals surface area contributed by atoms with E-state index >= 15 is 0 Å². The molecule has 0 atom stereocenters. The molecule has 0 rings (SSSR count). The predicted molar refractivity (Wildman–Crippen MR) is 143 cm³/mol. The molecular weight excluding hydrogens is 458 g/mol. The smallest absolute Gasteiger partial charge is 0.359 e. The summed E-state index contributed by atoms with van der Waals surface area (Å²) in [5, 5.41) is 29.3. The maximum atomic E-state index is 11.2. The average molecular weight is 512 g/mol. The highest BCUT2D eigenvalue weighted by Crippen LogP contribution is 2.14. The number of carbonyl (C=O) groups is 3. The van der Waals surface area contributed by atoms with Crippen LogP contribution >= 0.6 is 0 Å². The Balaban J connectivity index is 3.70. The summed E-state index contributed by atoms with van der Waals surface area (Å²) < 4.78 is -0.500. The normalized spacial score (nSPS) is 11.8. The van der Waals surface area contributed by atoms with Crippen LogP contribution in [0, 0.1) is 0 Å². The number of quaternary nitrogens is 1. The van der Waals surface area contributed by atoms with Crippen LogP contribution in [0.25, 0.3) is 0 Å². The third-order valence-electron chi connectivity index (χ3n) is 6.80. The number of hydrogen-bond acceptors (Lipinski definition) is 4. The Labute approximate surface area is 219 Å². The molecule has 0 bridgehead atoms. The van der Waals surface area contributed by atoms with Gasteiger partial charge in [-0.15, -0.1) is 0 Å². The van der Waals surface area contributed by atoms with E-state index in [0.717, 1.165) is 32.1 Å². The minimum atomic E-state index is -1.42. The van der Waals surface area contributed by atoms with Crippen molar-refractivity contribution in [2.24, 2.45) is 0 Å². The van der Waals surface area contributed by atoms with Crippen LogP contribution in [0.15, 0.2) is 12.2 Å². The van der Waals surface area contributed by atoms with E-state index in [1.807, 2.05) is 0 Å². The summed E-state index contributed by atoms with van der Waals surface area (Å²) in [7, 11) is 0. The lowest BCUT2D eigenvalue weighted by Gasteiger charge is -2.36. The highest BCUT2D eigenvalue weighted by molar-refractivity contribution is 5.72. The Morgan fingerprint density at radius 2 is 0.944 bits per heavy atom. The summed E-state index contributed by atoms with van der Waals surface area (Å²) in [6, 6.07) is 0. The van der Waals surface area contributed by atoms with Gasteiger partial charge in [-0.3, -0.25) is 0 Å². The molecule has 0 heterocycles. The van der Waals surface area contributed by atoms with Crippen LogP contribution in [0.5, 0.6) is 0 Å². The van der Waals surface area contributed by atoms with Gasteiger partial charge in [0.1, 0.15) is 6.54 Å². The lowest BCUT2D eigenvalue weighted by Crippen LogP contribution is -2.59. The molecule has 0 aromatic rings. The van der Waals surface area contributed by atoms with Gasteiger partial charge < -0.3 is 24.6 Å². The molecule has 0 radical (unpaired) electrons. The number of carboxylic acids is 3. The SMILES string of the molecule is CCCCCCCCCCC/C=C/CCCCCCCCCC[N+](CC(=O)[O-])(CC(=O)O)CC(=O)O. The Hall–Kier alpha value is -1.89. The number of rotatable bonds is 27. The van der Waals surface area contributed by atoms with Crippen molar-refractivity contribution in [1.82, 2.24) is 0 Å². The topological polar surface area (TPSA) is 115 Å². The van der Waals surface area contributed by atoms with Gasteiger partial charge in [0.2, 0.25) is 0 Å². The monoisotopic (exact) mass is 511 g/mol. The second-order valence-corrected chi connectivity index (χ2v) is 10.4. The molecule has 0 amide bonds. The molecular formula is C29H53NO6. The van der Waals surface area contributed by atoms with Crippen molar-refractivity contribution in [3.05, 3.63) is 12.2 Å². The summed E-state index contributed by atoms with van der Waals surface area (Å²) in [4.78, 5) is 33.4. The van der Waals surface area contributed by atoms with Crippen LogP contribution in [0.3, 0.4) is 0 Å². The first kappa shape index (κ1) is 34.1. The van der Waals surface area contributed by atoms with Crippen LogP contribution in [0.1, 0.15) is 129 Å². The molecule has 0 aliphatic heterocycles. The van der Waals surface area contributed by atoms with Crippen molar-refractivity contribution in [2.75, 3.05) is 26.2 Å². The summed E-state index contributed by atoms with van der Waals surface area (Å²) in [6.07, 6.45) is 27.7. The van der Waals surface area contributed by atoms with E-state index in [9.17, 15) is 19.5 Å². The molecule has 36 heavy (non-hydrogen) atoms. The van der Waals surface area contributed by atoms with Crippen LogP contribution in [0.4, 0.5) is 0 Å². The van der Waals surface area contributed by atoms with Crippen molar-refractivity contribution >= 4 is 17.9 Å². The molecule has 210 valence electrons. The fourth-order valence-electron chi connectivity index (χ4n) is 4.83. The number of allylic oxidation sites excluding steroid dienone is 2. The largest absolute Gasteiger partial charge is 0.544 e. The van der Waals surface area contributed by atoms with E-state index < -0.39 is 42.0 Å². The van der Waals surface area contributed by atoms with Gasteiger partial charge in [-0.2, -0.15) is 0 Å². The van der Waals surface area contributed by atoms with Crippen LogP contribution < -0.4 is 5.11 Å². The van der Waals surface area contributed by atoms with Gasteiger partial charge in [0, 0.05) is 0 Å². The Morgan fingerprint density at radius 3 is 1.31 bits per heavy atom. The molecule has 0 aliphatic carbocycles. The summed E-state index contributed by atoms with van der Waals surface area (Å²) in [5.74, 6) is -3.82. The van der Waals surface area contributed by atoms with Crippen molar-refractivity contribution < 1.29 is 34.2 Å². The maximum Gasteiger partial charge on any atom is 0.359 e. The minimum Gasteiger partial charge on any atom is -0.544 e. The summed E-state index contributed by atoms with van der Waals surface area (Å²) in [5.41, 5.74) is 0. The third-order valence-corrected chi connectivity index (χ3v) is 6.80. The molecule has 0 saturated carbocycles. The molecule has 7 nitrogen and oxygen atoms in total. The van der Waals surface area contributed by atoms with Crippen molar-refractivity contribution in [3.8, 4) is 0 Å². The number of carbonyl (C=O) groups excluding carboxylic acids is 1. The maximum absolute atomic E-state index is 11.2. The standard InChI is InChI=1S/C29H53NO6/c1-2-3-4-5-6-7-8-9-10-11-12-13-14-15-16-17-18-19-20-21-22-23-30(24-27(31)32,25-28(33)34)26-29(35)36/h12-13H,2-11,14-26H2,1H3,(H2-,31,32,33,34,35,36)/b13-12+. The molecule has 0 aromatic heterocycles. The van der Waals surface area contributed by atoms with Crippen molar-refractivity contribution in [2.45, 2.75) is 129 Å². The molecule has 0 fully saturated rings. The first-order chi connectivity index (χ1) is 17.3. The van der Waals surface area contributed by atoms with E-state index in [-0.39, 0.29) is 6.54 Å². The fourth-order valence-corrected chi connectivity index (χ4v) is 4.83. The van der Waals surface area contributed by atoms with Gasteiger partial charge in [0.15, 0.2) is 13.1 Å². The number of aliphatic carboxylic acids is 3. The average Bonchev–Trinajstić information content (AvgIpc) is 2.78. The molecule has 2 N–H and O–H groups in total. The third kappa shape index (κ3) is 22.6. The second kappa shape index (κ2) is 23.5. The first-order valence-corrected chi connectivity index (χ1v) is 14.4. The molecule has 0 aromatic carbocycles. The number of nitrogens with zero attached hydrogens (tertiary/aromatic N) is 1. The molecule has 0 saturated heterocycles. The van der Waals surface area contributed by atoms with E-state index in [1.165, 1.54) is 83.5 Å². The Kier molecular flexibility index (Phi) is 22.3. The molecule has 0 spiro atoms. The van der Waals surface area contributed by atoms with Gasteiger partial charge in [0.05, 0.1) is 12.5 Å².